The Morgan fingerprint density at radius 2 is 2.24 bits per heavy atom. The second-order valence-electron chi connectivity index (χ2n) is 4.47. The first kappa shape index (κ1) is 12.1. The standard InChI is InChI=1S/C14H21N3/c1-3-7-12(4-2)15-10-13-11-17-9-6-5-8-14(17)16-13/h5-6,8-9,11-12,15H,3-4,7,10H2,1-2H3. The van der Waals surface area contributed by atoms with Gasteiger partial charge >= 0.3 is 0 Å². The van der Waals surface area contributed by atoms with Crippen molar-refractivity contribution in [3.63, 3.8) is 0 Å². The van der Waals surface area contributed by atoms with Crippen LogP contribution in [0.5, 0.6) is 0 Å². The minimum atomic E-state index is 0.616. The fraction of sp³-hybridized carbons (Fsp3) is 0.500. The van der Waals surface area contributed by atoms with Crippen LogP contribution in [0.2, 0.25) is 0 Å². The van der Waals surface area contributed by atoms with Crippen molar-refractivity contribution in [1.29, 1.82) is 0 Å². The molecule has 0 aliphatic rings. The van der Waals surface area contributed by atoms with Crippen LogP contribution in [0, 0.1) is 0 Å². The predicted octanol–water partition coefficient (Wildman–Crippen LogP) is 3.00. The molecule has 2 aromatic rings. The first-order valence-electron chi connectivity index (χ1n) is 6.49. The number of hydrogen-bond acceptors (Lipinski definition) is 2. The van der Waals surface area contributed by atoms with Crippen molar-refractivity contribution in [2.75, 3.05) is 0 Å². The van der Waals surface area contributed by atoms with E-state index >= 15 is 0 Å². The van der Waals surface area contributed by atoms with Crippen molar-refractivity contribution in [1.82, 2.24) is 14.7 Å². The van der Waals surface area contributed by atoms with Gasteiger partial charge in [0.25, 0.3) is 0 Å². The van der Waals surface area contributed by atoms with Crippen LogP contribution >= 0.6 is 0 Å². The number of aromatic nitrogens is 2. The molecular formula is C14H21N3. The molecule has 1 atom stereocenters. The van der Waals surface area contributed by atoms with Gasteiger partial charge in [-0.05, 0) is 25.0 Å². The summed E-state index contributed by atoms with van der Waals surface area (Å²) in [5.74, 6) is 0. The van der Waals surface area contributed by atoms with E-state index in [0.717, 1.165) is 17.9 Å². The highest BCUT2D eigenvalue weighted by molar-refractivity contribution is 5.39. The van der Waals surface area contributed by atoms with E-state index in [1.807, 2.05) is 24.4 Å². The normalized spacial score (nSPS) is 13.1. The van der Waals surface area contributed by atoms with E-state index in [9.17, 15) is 0 Å². The zero-order valence-corrected chi connectivity index (χ0v) is 10.7. The molecule has 0 bridgehead atoms. The van der Waals surface area contributed by atoms with E-state index in [4.69, 9.17) is 0 Å². The largest absolute Gasteiger partial charge is 0.308 e. The van der Waals surface area contributed by atoms with Crippen LogP contribution in [0.1, 0.15) is 38.8 Å². The van der Waals surface area contributed by atoms with Crippen LogP contribution in [0.25, 0.3) is 5.65 Å². The van der Waals surface area contributed by atoms with E-state index in [1.165, 1.54) is 19.3 Å². The van der Waals surface area contributed by atoms with E-state index < -0.39 is 0 Å². The molecule has 2 heterocycles. The van der Waals surface area contributed by atoms with Gasteiger partial charge in [-0.15, -0.1) is 0 Å². The summed E-state index contributed by atoms with van der Waals surface area (Å²) in [6.45, 7) is 5.33. The smallest absolute Gasteiger partial charge is 0.137 e. The number of pyridine rings is 1. The molecule has 0 aromatic carbocycles. The molecule has 0 spiro atoms. The molecule has 92 valence electrons. The topological polar surface area (TPSA) is 29.3 Å². The maximum atomic E-state index is 4.58. The Bertz CT molecular complexity index is 428. The van der Waals surface area contributed by atoms with Crippen LogP contribution in [0.4, 0.5) is 0 Å². The van der Waals surface area contributed by atoms with Crippen LogP contribution < -0.4 is 5.32 Å². The molecule has 2 aromatic heterocycles. The summed E-state index contributed by atoms with van der Waals surface area (Å²) in [4.78, 5) is 4.58. The van der Waals surface area contributed by atoms with Gasteiger partial charge < -0.3 is 9.72 Å². The number of rotatable bonds is 6. The Balaban J connectivity index is 1.98. The third-order valence-corrected chi connectivity index (χ3v) is 3.12. The van der Waals surface area contributed by atoms with Gasteiger partial charge in [-0.3, -0.25) is 0 Å². The molecule has 0 fully saturated rings. The summed E-state index contributed by atoms with van der Waals surface area (Å²) in [7, 11) is 0. The molecule has 0 saturated carbocycles. The van der Waals surface area contributed by atoms with Gasteiger partial charge in [0.05, 0.1) is 5.69 Å². The summed E-state index contributed by atoms with van der Waals surface area (Å²) < 4.78 is 2.07. The fourth-order valence-corrected chi connectivity index (χ4v) is 2.12. The third kappa shape index (κ3) is 3.07. The summed E-state index contributed by atoms with van der Waals surface area (Å²) >= 11 is 0. The average molecular weight is 231 g/mol. The highest BCUT2D eigenvalue weighted by atomic mass is 15.0. The average Bonchev–Trinajstić information content (AvgIpc) is 2.77. The van der Waals surface area contributed by atoms with Gasteiger partial charge in [0, 0.05) is 25.0 Å². The molecule has 0 aliphatic carbocycles. The summed E-state index contributed by atoms with van der Waals surface area (Å²) in [6, 6.07) is 6.70. The molecule has 0 radical (unpaired) electrons. The van der Waals surface area contributed by atoms with E-state index in [2.05, 4.69) is 34.7 Å². The highest BCUT2D eigenvalue weighted by Crippen LogP contribution is 2.06. The minimum Gasteiger partial charge on any atom is -0.308 e. The Morgan fingerprint density at radius 1 is 1.35 bits per heavy atom. The molecule has 2 rings (SSSR count). The van der Waals surface area contributed by atoms with Crippen molar-refractivity contribution < 1.29 is 0 Å². The van der Waals surface area contributed by atoms with Crippen molar-refractivity contribution in [3.8, 4) is 0 Å². The predicted molar refractivity (Wildman–Crippen MR) is 71.0 cm³/mol. The maximum Gasteiger partial charge on any atom is 0.137 e. The Hall–Kier alpha value is -1.35. The molecule has 3 heteroatoms. The molecule has 0 saturated heterocycles. The molecule has 1 N–H and O–H groups in total. The van der Waals surface area contributed by atoms with Crippen LogP contribution in [-0.2, 0) is 6.54 Å². The number of hydrogen-bond donors (Lipinski definition) is 1. The van der Waals surface area contributed by atoms with Crippen molar-refractivity contribution in [3.05, 3.63) is 36.3 Å². The van der Waals surface area contributed by atoms with Crippen molar-refractivity contribution >= 4 is 5.65 Å². The molecular weight excluding hydrogens is 210 g/mol. The van der Waals surface area contributed by atoms with Crippen LogP contribution in [0.15, 0.2) is 30.6 Å². The summed E-state index contributed by atoms with van der Waals surface area (Å²) in [5, 5.41) is 3.57. The minimum absolute atomic E-state index is 0.616. The van der Waals surface area contributed by atoms with E-state index in [1.54, 1.807) is 0 Å². The zero-order valence-electron chi connectivity index (χ0n) is 10.7. The maximum absolute atomic E-state index is 4.58. The Labute approximate surface area is 103 Å². The van der Waals surface area contributed by atoms with Crippen molar-refractivity contribution in [2.45, 2.75) is 45.7 Å². The quantitative estimate of drug-likeness (QED) is 0.828. The van der Waals surface area contributed by atoms with Gasteiger partial charge in [0.2, 0.25) is 0 Å². The van der Waals surface area contributed by atoms with Gasteiger partial charge in [-0.1, -0.05) is 26.3 Å². The molecule has 0 amide bonds. The molecule has 0 aliphatic heterocycles. The lowest BCUT2D eigenvalue weighted by atomic mass is 10.1. The summed E-state index contributed by atoms with van der Waals surface area (Å²) in [5.41, 5.74) is 2.14. The van der Waals surface area contributed by atoms with Gasteiger partial charge in [-0.2, -0.15) is 0 Å². The number of fused-ring (bicyclic) bond motifs is 1. The van der Waals surface area contributed by atoms with E-state index in [0.29, 0.717) is 6.04 Å². The number of imidazole rings is 1. The number of nitrogens with one attached hydrogen (secondary N) is 1. The summed E-state index contributed by atoms with van der Waals surface area (Å²) in [6.07, 6.45) is 7.79. The fourth-order valence-electron chi connectivity index (χ4n) is 2.12. The van der Waals surface area contributed by atoms with Crippen LogP contribution in [-0.4, -0.2) is 15.4 Å². The lowest BCUT2D eigenvalue weighted by Crippen LogP contribution is -2.27. The number of nitrogens with zero attached hydrogens (tertiary/aromatic N) is 2. The SMILES string of the molecule is CCCC(CC)NCc1cn2ccccc2n1. The Kier molecular flexibility index (Phi) is 4.15. The molecule has 1 unspecified atom stereocenters. The lowest BCUT2D eigenvalue weighted by molar-refractivity contribution is 0.460. The monoisotopic (exact) mass is 231 g/mol. The Morgan fingerprint density at radius 3 is 2.94 bits per heavy atom. The van der Waals surface area contributed by atoms with Gasteiger partial charge in [-0.25, -0.2) is 4.98 Å². The first-order valence-corrected chi connectivity index (χ1v) is 6.49. The van der Waals surface area contributed by atoms with E-state index in [-0.39, 0.29) is 0 Å². The molecule has 3 nitrogen and oxygen atoms in total. The second kappa shape index (κ2) is 5.82. The third-order valence-electron chi connectivity index (χ3n) is 3.12. The lowest BCUT2D eigenvalue weighted by Gasteiger charge is -2.14. The first-order chi connectivity index (χ1) is 8.33. The zero-order chi connectivity index (χ0) is 12.1. The van der Waals surface area contributed by atoms with Gasteiger partial charge in [0.15, 0.2) is 0 Å². The van der Waals surface area contributed by atoms with Crippen molar-refractivity contribution in [2.24, 2.45) is 0 Å². The van der Waals surface area contributed by atoms with Crippen LogP contribution in [0.3, 0.4) is 0 Å². The molecule has 17 heavy (non-hydrogen) atoms. The second-order valence-corrected chi connectivity index (χ2v) is 4.47. The van der Waals surface area contributed by atoms with Gasteiger partial charge in [0.1, 0.15) is 5.65 Å². The highest BCUT2D eigenvalue weighted by Gasteiger charge is 2.06.